The van der Waals surface area contributed by atoms with Crippen LogP contribution in [0.5, 0.6) is 0 Å². The third kappa shape index (κ3) is 21.8. The summed E-state index contributed by atoms with van der Waals surface area (Å²) in [6, 6.07) is 31.5. The van der Waals surface area contributed by atoms with Crippen LogP contribution in [0, 0.1) is 29.6 Å². The second kappa shape index (κ2) is 37.4. The number of hydrogen-bond acceptors (Lipinski definition) is 19. The Morgan fingerprint density at radius 3 is 2.08 bits per heavy atom. The van der Waals surface area contributed by atoms with Gasteiger partial charge in [-0.25, -0.2) is 26.5 Å². The van der Waals surface area contributed by atoms with Gasteiger partial charge in [0.15, 0.2) is 0 Å². The number of fused-ring (bicyclic) bond motifs is 1. The lowest BCUT2D eigenvalue weighted by Gasteiger charge is -2.44. The summed E-state index contributed by atoms with van der Waals surface area (Å²) in [4.78, 5) is 86.0. The molecule has 0 spiro atoms. The van der Waals surface area contributed by atoms with Crippen LogP contribution in [0.4, 0.5) is 24.5 Å². The second-order valence-corrected chi connectivity index (χ2v) is 38.9. The summed E-state index contributed by atoms with van der Waals surface area (Å²) in [5, 5.41) is 20.5. The number of allylic oxidation sites excluding steroid dienone is 1. The molecule has 5 saturated heterocycles. The Hall–Kier alpha value is -7.45. The molecule has 5 N–H and O–H groups in total. The van der Waals surface area contributed by atoms with E-state index in [0.717, 1.165) is 134 Å². The highest BCUT2D eigenvalue weighted by molar-refractivity contribution is 7.99. The number of ether oxygens (including phenoxy) is 1. The number of carbonyl (C=O) groups excluding carboxylic acids is 5. The minimum Gasteiger partial charge on any atom is -0.391 e. The fourth-order valence-electron chi connectivity index (χ4n) is 16.7. The number of benzene rings is 5. The first-order valence-corrected chi connectivity index (χ1v) is 44.9. The van der Waals surface area contributed by atoms with Crippen LogP contribution in [0.15, 0.2) is 147 Å². The molecule has 5 fully saturated rings. The molecule has 5 aliphatic heterocycles. The smallest absolute Gasteiger partial charge is 0.391 e. The van der Waals surface area contributed by atoms with Crippen LogP contribution in [0.3, 0.4) is 0 Å². The number of hydrogen-bond donors (Lipinski definition) is 5. The maximum atomic E-state index is 14.5. The monoisotopic (exact) mass is 1670 g/mol. The van der Waals surface area contributed by atoms with Gasteiger partial charge in [0.25, 0.3) is 25.8 Å². The number of aliphatic hydroxyl groups is 1. The molecule has 6 aromatic rings. The molecule has 616 valence electrons. The predicted molar refractivity (Wildman–Crippen MR) is 440 cm³/mol. The molecule has 114 heavy (non-hydrogen) atoms. The number of nitrogens with zero attached hydrogens (tertiary/aromatic N) is 7. The van der Waals surface area contributed by atoms with E-state index in [9.17, 15) is 59.1 Å². The van der Waals surface area contributed by atoms with Gasteiger partial charge >= 0.3 is 5.51 Å². The molecule has 30 heteroatoms. The lowest BCUT2D eigenvalue weighted by molar-refractivity contribution is -0.144. The van der Waals surface area contributed by atoms with E-state index in [1.165, 1.54) is 39.9 Å². The lowest BCUT2D eigenvalue weighted by atomic mass is 9.71. The molecule has 0 bridgehead atoms. The number of nitrogens with one attached hydrogen (secondary N) is 4. The number of sulfone groups is 1. The number of sulfonamides is 1. The average Bonchev–Trinajstić information content (AvgIpc) is 0.943. The van der Waals surface area contributed by atoms with Gasteiger partial charge in [-0.05, 0) is 152 Å². The van der Waals surface area contributed by atoms with Crippen molar-refractivity contribution in [2.45, 2.75) is 163 Å². The first-order chi connectivity index (χ1) is 54.3. The number of unbranched alkanes of at least 4 members (excludes halogenated alkanes) is 3. The third-order valence-electron chi connectivity index (χ3n) is 23.2. The maximum absolute atomic E-state index is 14.5. The standard InChI is InChI=1S/C84H107ClF3N11O11S4/c1-56(58-18-20-60(21-19-58)77-57(2)89-55-112-77)90-80(104)73-44-68(100)50-99(73)81(105)78(82(3,4)5)92-75(101)16-12-7-8-13-17-76(102)98-42-38-95(39-43-98)54-83(6)34-32-71(59-22-26-65(85)27-23-59)62(46-83)47-94-36-40-97(41-37-94)67-28-24-61(25-29-67)79(103)93-114(108,109)70-30-31-72(74(45-70)113(106,107)84(86,87)88)91-66(53-111-69-14-10-9-11-15-69)33-35-96-48-63-51-110-52-64(63)49-96/h9-11,14-15,18-31,45,55-56,63-64,66,68,73,78,91,100H,7-8,12-13,16-17,32-44,46-54H2,1-6H3,(H,90,104)(H,92,101)(H,93,103)/t56-,63+,64?,66+,68+,73-,78+,83+/m0/s1. The molecule has 12 rings (SSSR count). The molecule has 0 saturated carbocycles. The molecule has 22 nitrogen and oxygen atoms in total. The molecule has 0 radical (unpaired) electrons. The number of thioether (sulfide) groups is 1. The summed E-state index contributed by atoms with van der Waals surface area (Å²) in [7, 11) is -11.0. The van der Waals surface area contributed by atoms with Gasteiger partial charge in [-0.2, -0.15) is 13.2 Å². The number of amides is 5. The number of rotatable bonds is 31. The summed E-state index contributed by atoms with van der Waals surface area (Å²) in [5.41, 5.74) is 2.40. The van der Waals surface area contributed by atoms with E-state index in [0.29, 0.717) is 100 Å². The highest BCUT2D eigenvalue weighted by atomic mass is 35.5. The topological polar surface area (TPSA) is 264 Å². The van der Waals surface area contributed by atoms with Crippen molar-refractivity contribution in [2.75, 3.05) is 121 Å². The van der Waals surface area contributed by atoms with Crippen LogP contribution in [0.25, 0.3) is 16.0 Å². The number of piperazine rings is 2. The number of aryl methyl sites for hydroxylation is 1. The van der Waals surface area contributed by atoms with Gasteiger partial charge < -0.3 is 45.4 Å². The number of carbonyl (C=O) groups is 5. The number of likely N-dealkylation sites (tertiary alicyclic amines) is 2. The van der Waals surface area contributed by atoms with Crippen molar-refractivity contribution in [2.24, 2.45) is 22.7 Å². The summed E-state index contributed by atoms with van der Waals surface area (Å²) in [6.07, 6.45) is 5.80. The van der Waals surface area contributed by atoms with E-state index in [1.54, 1.807) is 23.5 Å². The molecule has 1 aliphatic carbocycles. The molecule has 6 heterocycles. The van der Waals surface area contributed by atoms with Crippen molar-refractivity contribution in [3.8, 4) is 10.4 Å². The summed E-state index contributed by atoms with van der Waals surface area (Å²) in [5.74, 6) is -0.827. The molecular formula is C84H107ClF3N11O11S4. The number of halogens is 4. The summed E-state index contributed by atoms with van der Waals surface area (Å²) >= 11 is 9.43. The maximum Gasteiger partial charge on any atom is 0.501 e. The Bertz CT molecular complexity index is 4610. The average molecular weight is 1670 g/mol. The number of thiazole rings is 1. The van der Waals surface area contributed by atoms with Crippen molar-refractivity contribution in [3.05, 3.63) is 160 Å². The van der Waals surface area contributed by atoms with Crippen molar-refractivity contribution in [1.82, 2.24) is 44.8 Å². The fourth-order valence-corrected chi connectivity index (χ4v) is 20.6. The van der Waals surface area contributed by atoms with Gasteiger partial charge in [0, 0.05) is 156 Å². The van der Waals surface area contributed by atoms with Gasteiger partial charge in [0.2, 0.25) is 23.6 Å². The van der Waals surface area contributed by atoms with Gasteiger partial charge in [-0.3, -0.25) is 33.8 Å². The predicted octanol–water partition coefficient (Wildman–Crippen LogP) is 12.3. The molecule has 5 amide bonds. The normalized spacial score (nSPS) is 21.7. The third-order valence-corrected chi connectivity index (χ3v) is 28.5. The zero-order chi connectivity index (χ0) is 81.3. The van der Waals surface area contributed by atoms with E-state index in [-0.39, 0.29) is 54.1 Å². The van der Waals surface area contributed by atoms with Crippen molar-refractivity contribution in [3.63, 3.8) is 0 Å². The van der Waals surface area contributed by atoms with Crippen molar-refractivity contribution >= 4 is 101 Å². The molecule has 1 unspecified atom stereocenters. The van der Waals surface area contributed by atoms with Gasteiger partial charge in [-0.1, -0.05) is 112 Å². The lowest BCUT2D eigenvalue weighted by Crippen LogP contribution is -2.57. The zero-order valence-electron chi connectivity index (χ0n) is 65.8. The number of aliphatic hydroxyl groups excluding tert-OH is 1. The van der Waals surface area contributed by atoms with Crippen LogP contribution in [0.1, 0.15) is 138 Å². The highest BCUT2D eigenvalue weighted by Crippen LogP contribution is 2.45. The molecular weight excluding hydrogens is 1560 g/mol. The van der Waals surface area contributed by atoms with E-state index in [4.69, 9.17) is 16.3 Å². The van der Waals surface area contributed by atoms with Crippen LogP contribution < -0.4 is 25.6 Å². The first kappa shape index (κ1) is 85.9. The van der Waals surface area contributed by atoms with Crippen molar-refractivity contribution in [1.29, 1.82) is 0 Å². The molecule has 5 aromatic carbocycles. The number of β-amino-alcohol motifs (C(OH)–C–C–N with tert-alkyl or cyclic N) is 1. The summed E-state index contributed by atoms with van der Waals surface area (Å²) < 4.78 is 105. The Morgan fingerprint density at radius 2 is 1.43 bits per heavy atom. The van der Waals surface area contributed by atoms with E-state index < -0.39 is 82.3 Å². The van der Waals surface area contributed by atoms with Crippen LogP contribution in [-0.2, 0) is 43.8 Å². The van der Waals surface area contributed by atoms with Crippen LogP contribution in [-0.4, -0.2) is 221 Å². The largest absolute Gasteiger partial charge is 0.501 e. The highest BCUT2D eigenvalue weighted by Gasteiger charge is 2.50. The first-order valence-electron chi connectivity index (χ1n) is 39.7. The van der Waals surface area contributed by atoms with Gasteiger partial charge in [0.05, 0.1) is 52.0 Å². The quantitative estimate of drug-likeness (QED) is 0.0200. The van der Waals surface area contributed by atoms with E-state index in [1.807, 2.05) is 116 Å². The molecule has 1 aromatic heterocycles. The number of anilines is 2. The molecule has 8 atom stereocenters. The number of alkyl halides is 3. The van der Waals surface area contributed by atoms with Gasteiger partial charge in [-0.15, -0.1) is 23.1 Å². The van der Waals surface area contributed by atoms with E-state index >= 15 is 0 Å². The van der Waals surface area contributed by atoms with Crippen LogP contribution in [0.2, 0.25) is 5.02 Å². The van der Waals surface area contributed by atoms with Crippen molar-refractivity contribution < 1.29 is 63.8 Å². The second-order valence-electron chi connectivity index (χ2n) is 33.0. The Kier molecular flexibility index (Phi) is 28.2. The Morgan fingerprint density at radius 1 is 0.772 bits per heavy atom. The minimum absolute atomic E-state index is 0.0207. The molecule has 6 aliphatic rings. The number of aromatic nitrogens is 1. The zero-order valence-corrected chi connectivity index (χ0v) is 69.8. The fraction of sp³-hybridized carbons (Fsp3) is 0.524. The van der Waals surface area contributed by atoms with Gasteiger partial charge in [0.1, 0.15) is 17.0 Å². The van der Waals surface area contributed by atoms with E-state index in [2.05, 4.69) is 59.6 Å². The Balaban J connectivity index is 0.583. The SMILES string of the molecule is Cc1ncsc1-c1ccc([C@H](C)NC(=O)[C@@H]2C[C@@H](O)CN2C(=O)[C@@H](NC(=O)CCCCCCC(=O)N2CCN(C[C@]3(C)CCC(c4ccc(Cl)cc4)=C(CN4CCN(c5ccc(C(=O)NS(=O)(=O)c6ccc(N[C@H](CCN7CC8COC[C@H]8C7)CSc7ccccc7)c(S(=O)(=O)C(F)(F)F)c6)cc5)CC4)C3)CC2)C(C)(C)C)cc1. The minimum atomic E-state index is -6.11. The van der Waals surface area contributed by atoms with Crippen LogP contribution >= 0.6 is 34.7 Å². The summed E-state index contributed by atoms with van der Waals surface area (Å²) in [6.45, 7) is 22.6. The Labute approximate surface area is 681 Å².